The lowest BCUT2D eigenvalue weighted by atomic mass is 10.3. The molecule has 2 heterocycles. The van der Waals surface area contributed by atoms with Gasteiger partial charge in [-0.05, 0) is 19.5 Å². The fraction of sp³-hybridized carbons (Fsp3) is 0.667. The summed E-state index contributed by atoms with van der Waals surface area (Å²) in [5.41, 5.74) is 4.46. The van der Waals surface area contributed by atoms with Crippen LogP contribution in [0.25, 0.3) is 0 Å². The van der Waals surface area contributed by atoms with Gasteiger partial charge in [0.1, 0.15) is 0 Å². The number of nitrogens with zero attached hydrogens (tertiary/aromatic N) is 2. The van der Waals surface area contributed by atoms with Gasteiger partial charge in [-0.2, -0.15) is 0 Å². The zero-order valence-electron chi connectivity index (χ0n) is 10.6. The van der Waals surface area contributed by atoms with E-state index in [0.29, 0.717) is 6.04 Å². The van der Waals surface area contributed by atoms with Crippen LogP contribution in [0.15, 0.2) is 24.2 Å². The predicted octanol–water partition coefficient (Wildman–Crippen LogP) is 0.102. The van der Waals surface area contributed by atoms with E-state index in [2.05, 4.69) is 32.9 Å². The van der Waals surface area contributed by atoms with Crippen molar-refractivity contribution in [3.63, 3.8) is 0 Å². The van der Waals surface area contributed by atoms with Crippen molar-refractivity contribution in [2.75, 3.05) is 40.4 Å². The van der Waals surface area contributed by atoms with Crippen molar-refractivity contribution in [3.05, 3.63) is 24.2 Å². The molecule has 0 aromatic heterocycles. The maximum atomic E-state index is 5.08. The van der Waals surface area contributed by atoms with Crippen molar-refractivity contribution in [2.45, 2.75) is 12.5 Å². The molecule has 96 valence electrons. The Morgan fingerprint density at radius 1 is 1.59 bits per heavy atom. The SMILES string of the molecule is CN[C@H]1CCN(C2=CN(CCOC)NC=C2)C1. The van der Waals surface area contributed by atoms with Crippen LogP contribution in [0.3, 0.4) is 0 Å². The Labute approximate surface area is 103 Å². The summed E-state index contributed by atoms with van der Waals surface area (Å²) in [6, 6.07) is 0.617. The van der Waals surface area contributed by atoms with Crippen LogP contribution in [0.5, 0.6) is 0 Å². The quantitative estimate of drug-likeness (QED) is 0.711. The second-order valence-electron chi connectivity index (χ2n) is 4.42. The number of rotatable bonds is 5. The van der Waals surface area contributed by atoms with Crippen LogP contribution in [0, 0.1) is 0 Å². The highest BCUT2D eigenvalue weighted by atomic mass is 16.5. The Balaban J connectivity index is 1.91. The average molecular weight is 238 g/mol. The minimum absolute atomic E-state index is 0.617. The van der Waals surface area contributed by atoms with Crippen LogP contribution in [0.4, 0.5) is 0 Å². The highest BCUT2D eigenvalue weighted by Gasteiger charge is 2.22. The molecule has 0 bridgehead atoms. The summed E-state index contributed by atoms with van der Waals surface area (Å²) >= 11 is 0. The maximum Gasteiger partial charge on any atom is 0.0658 e. The van der Waals surface area contributed by atoms with Crippen LogP contribution in [-0.2, 0) is 4.74 Å². The first-order chi connectivity index (χ1) is 8.33. The van der Waals surface area contributed by atoms with Crippen LogP contribution in [-0.4, -0.2) is 56.3 Å². The lowest BCUT2D eigenvalue weighted by Gasteiger charge is -2.28. The second-order valence-corrected chi connectivity index (χ2v) is 4.42. The smallest absolute Gasteiger partial charge is 0.0658 e. The third kappa shape index (κ3) is 3.14. The summed E-state index contributed by atoms with van der Waals surface area (Å²) in [5, 5.41) is 5.40. The maximum absolute atomic E-state index is 5.08. The van der Waals surface area contributed by atoms with Crippen molar-refractivity contribution in [1.29, 1.82) is 0 Å². The Morgan fingerprint density at radius 2 is 2.47 bits per heavy atom. The third-order valence-corrected chi connectivity index (χ3v) is 3.28. The van der Waals surface area contributed by atoms with Crippen molar-refractivity contribution in [3.8, 4) is 0 Å². The van der Waals surface area contributed by atoms with E-state index in [1.807, 2.05) is 13.2 Å². The molecule has 2 aliphatic heterocycles. The first kappa shape index (κ1) is 12.3. The van der Waals surface area contributed by atoms with Crippen molar-refractivity contribution < 1.29 is 4.74 Å². The van der Waals surface area contributed by atoms with Gasteiger partial charge in [0.05, 0.1) is 18.8 Å². The molecule has 17 heavy (non-hydrogen) atoms. The molecule has 1 atom stereocenters. The van der Waals surface area contributed by atoms with Crippen LogP contribution >= 0.6 is 0 Å². The minimum Gasteiger partial charge on any atom is -0.383 e. The van der Waals surface area contributed by atoms with Gasteiger partial charge in [-0.15, -0.1) is 0 Å². The van der Waals surface area contributed by atoms with Gasteiger partial charge in [-0.3, -0.25) is 5.01 Å². The number of allylic oxidation sites excluding steroid dienone is 1. The first-order valence-corrected chi connectivity index (χ1v) is 6.16. The van der Waals surface area contributed by atoms with E-state index >= 15 is 0 Å². The largest absolute Gasteiger partial charge is 0.383 e. The zero-order chi connectivity index (χ0) is 12.1. The standard InChI is InChI=1S/C12H22N4O/c1-13-11-4-6-15(9-11)12-3-5-14-16(10-12)7-8-17-2/h3,5,10-11,13-14H,4,6-9H2,1-2H3/t11-/m0/s1. The normalized spacial score (nSPS) is 23.9. The van der Waals surface area contributed by atoms with Crippen LogP contribution in [0.1, 0.15) is 6.42 Å². The van der Waals surface area contributed by atoms with Gasteiger partial charge in [0.2, 0.25) is 0 Å². The molecule has 1 fully saturated rings. The van der Waals surface area contributed by atoms with Gasteiger partial charge >= 0.3 is 0 Å². The number of nitrogens with one attached hydrogen (secondary N) is 2. The van der Waals surface area contributed by atoms with Gasteiger partial charge in [0.25, 0.3) is 0 Å². The lowest BCUT2D eigenvalue weighted by molar-refractivity contribution is 0.154. The Kier molecular flexibility index (Phi) is 4.28. The van der Waals surface area contributed by atoms with E-state index in [9.17, 15) is 0 Å². The molecule has 1 saturated heterocycles. The summed E-state index contributed by atoms with van der Waals surface area (Å²) in [6.07, 6.45) is 7.48. The molecule has 0 aromatic carbocycles. The number of ether oxygens (including phenoxy) is 1. The first-order valence-electron chi connectivity index (χ1n) is 6.16. The molecule has 5 heteroatoms. The van der Waals surface area contributed by atoms with Gasteiger partial charge in [0, 0.05) is 38.6 Å². The third-order valence-electron chi connectivity index (χ3n) is 3.28. The van der Waals surface area contributed by atoms with E-state index in [1.165, 1.54) is 12.1 Å². The van der Waals surface area contributed by atoms with Crippen LogP contribution in [0.2, 0.25) is 0 Å². The number of hydrogen-bond acceptors (Lipinski definition) is 5. The average Bonchev–Trinajstić information content (AvgIpc) is 2.85. The monoisotopic (exact) mass is 238 g/mol. The second kappa shape index (κ2) is 5.93. The summed E-state index contributed by atoms with van der Waals surface area (Å²) in [7, 11) is 3.76. The molecular formula is C12H22N4O. The number of hydrazine groups is 1. The topological polar surface area (TPSA) is 39.8 Å². The summed E-state index contributed by atoms with van der Waals surface area (Å²) in [6.45, 7) is 3.79. The Hall–Kier alpha value is -1.20. The highest BCUT2D eigenvalue weighted by molar-refractivity contribution is 5.20. The molecule has 0 spiro atoms. The summed E-state index contributed by atoms with van der Waals surface area (Å²) < 4.78 is 5.08. The predicted molar refractivity (Wildman–Crippen MR) is 68.0 cm³/mol. The van der Waals surface area contributed by atoms with Gasteiger partial charge in [-0.25, -0.2) is 0 Å². The molecule has 0 saturated carbocycles. The van der Waals surface area contributed by atoms with E-state index in [4.69, 9.17) is 4.74 Å². The Morgan fingerprint density at radius 3 is 3.18 bits per heavy atom. The molecular weight excluding hydrogens is 216 g/mol. The van der Waals surface area contributed by atoms with Gasteiger partial charge in [-0.1, -0.05) is 0 Å². The molecule has 0 aromatic rings. The molecule has 0 aliphatic carbocycles. The molecule has 0 radical (unpaired) electrons. The van der Waals surface area contributed by atoms with E-state index in [0.717, 1.165) is 26.2 Å². The van der Waals surface area contributed by atoms with E-state index in [-0.39, 0.29) is 0 Å². The van der Waals surface area contributed by atoms with Crippen LogP contribution < -0.4 is 10.7 Å². The fourth-order valence-corrected chi connectivity index (χ4v) is 2.19. The molecule has 2 aliphatic rings. The van der Waals surface area contributed by atoms with E-state index in [1.54, 1.807) is 7.11 Å². The lowest BCUT2D eigenvalue weighted by Crippen LogP contribution is -2.37. The van der Waals surface area contributed by atoms with Gasteiger partial charge < -0.3 is 20.4 Å². The number of methoxy groups -OCH3 is 1. The van der Waals surface area contributed by atoms with Crippen molar-refractivity contribution >= 4 is 0 Å². The number of likely N-dealkylation sites (tertiary alicyclic amines) is 1. The molecule has 2 N–H and O–H groups in total. The molecule has 5 nitrogen and oxygen atoms in total. The summed E-state index contributed by atoms with van der Waals surface area (Å²) in [5.74, 6) is 0. The van der Waals surface area contributed by atoms with Crippen molar-refractivity contribution in [1.82, 2.24) is 20.7 Å². The molecule has 0 amide bonds. The molecule has 2 rings (SSSR count). The highest BCUT2D eigenvalue weighted by Crippen LogP contribution is 2.17. The molecule has 0 unspecified atom stereocenters. The Bertz CT molecular complexity index is 303. The summed E-state index contributed by atoms with van der Waals surface area (Å²) in [4.78, 5) is 2.41. The minimum atomic E-state index is 0.617. The van der Waals surface area contributed by atoms with E-state index < -0.39 is 0 Å². The zero-order valence-corrected chi connectivity index (χ0v) is 10.6. The number of likely N-dealkylation sites (N-methyl/N-ethyl adjacent to an activating group) is 1. The fourth-order valence-electron chi connectivity index (χ4n) is 2.19. The van der Waals surface area contributed by atoms with Gasteiger partial charge in [0.15, 0.2) is 0 Å². The van der Waals surface area contributed by atoms with Crippen molar-refractivity contribution in [2.24, 2.45) is 0 Å². The number of hydrogen-bond donors (Lipinski definition) is 2.